The minimum Gasteiger partial charge on any atom is -0.370 e. The lowest BCUT2D eigenvalue weighted by molar-refractivity contribution is -0.138. The van der Waals surface area contributed by atoms with E-state index in [4.69, 9.17) is 4.98 Å². The van der Waals surface area contributed by atoms with Crippen molar-refractivity contribution < 1.29 is 22.8 Å². The lowest BCUT2D eigenvalue weighted by atomic mass is 9.62. The van der Waals surface area contributed by atoms with E-state index in [2.05, 4.69) is 27.8 Å². The molecular weight excluding hydrogens is 669 g/mol. The number of aromatic nitrogens is 4. The summed E-state index contributed by atoms with van der Waals surface area (Å²) in [5, 5.41) is 15.3. The van der Waals surface area contributed by atoms with Gasteiger partial charge >= 0.3 is 6.18 Å². The number of rotatable bonds is 10. The Morgan fingerprint density at radius 3 is 2.36 bits per heavy atom. The summed E-state index contributed by atoms with van der Waals surface area (Å²) in [4.78, 5) is 34.0. The second-order valence-corrected chi connectivity index (χ2v) is 14.9. The molecule has 2 aromatic heterocycles. The fourth-order valence-electron chi connectivity index (χ4n) is 7.90. The van der Waals surface area contributed by atoms with Crippen molar-refractivity contribution in [3.63, 3.8) is 0 Å². The van der Waals surface area contributed by atoms with Crippen molar-refractivity contribution in [1.82, 2.24) is 30.0 Å². The molecule has 0 atom stereocenters. The first-order valence-corrected chi connectivity index (χ1v) is 17.5. The Labute approximate surface area is 297 Å². The second-order valence-electron chi connectivity index (χ2n) is 14.9. The number of carbonyl (C=O) groups excluding carboxylic acids is 2. The van der Waals surface area contributed by atoms with Crippen LogP contribution in [0.2, 0.25) is 0 Å². The number of piperidine rings is 1. The van der Waals surface area contributed by atoms with Crippen LogP contribution in [0.3, 0.4) is 0 Å². The zero-order chi connectivity index (χ0) is 34.6. The molecular formula is C36H46ClF3N8O2. The zero-order valence-corrected chi connectivity index (χ0v) is 29.7. The van der Waals surface area contributed by atoms with Gasteiger partial charge < -0.3 is 20.1 Å². The van der Waals surface area contributed by atoms with Crippen LogP contribution in [0.4, 0.5) is 24.8 Å². The molecule has 4 heterocycles. The minimum atomic E-state index is -4.61. The number of halogens is 4. The molecule has 4 aliphatic rings. The van der Waals surface area contributed by atoms with Crippen molar-refractivity contribution in [2.75, 3.05) is 29.9 Å². The maximum absolute atomic E-state index is 14.5. The Kier molecular flexibility index (Phi) is 9.95. The van der Waals surface area contributed by atoms with Gasteiger partial charge in [-0.1, -0.05) is 6.42 Å². The van der Waals surface area contributed by atoms with Gasteiger partial charge in [0.25, 0.3) is 5.91 Å². The molecule has 3 fully saturated rings. The van der Waals surface area contributed by atoms with E-state index >= 15 is 0 Å². The van der Waals surface area contributed by atoms with Gasteiger partial charge in [-0.2, -0.15) is 13.2 Å². The highest BCUT2D eigenvalue weighted by molar-refractivity contribution is 6.10. The van der Waals surface area contributed by atoms with Gasteiger partial charge in [-0.3, -0.25) is 14.5 Å². The van der Waals surface area contributed by atoms with Crippen LogP contribution >= 0.6 is 12.4 Å². The zero-order valence-electron chi connectivity index (χ0n) is 28.9. The van der Waals surface area contributed by atoms with Crippen LogP contribution in [-0.4, -0.2) is 61.6 Å². The molecule has 7 rings (SSSR count). The highest BCUT2D eigenvalue weighted by atomic mass is 35.5. The molecule has 270 valence electrons. The van der Waals surface area contributed by atoms with E-state index in [1.165, 1.54) is 11.0 Å². The van der Waals surface area contributed by atoms with Crippen LogP contribution in [0.1, 0.15) is 104 Å². The molecule has 2 N–H and O–H groups in total. The maximum atomic E-state index is 14.5. The molecule has 0 radical (unpaired) electrons. The summed E-state index contributed by atoms with van der Waals surface area (Å²) in [6, 6.07) is 6.75. The van der Waals surface area contributed by atoms with Gasteiger partial charge in [0, 0.05) is 63.1 Å². The lowest BCUT2D eigenvalue weighted by Gasteiger charge is -2.42. The minimum absolute atomic E-state index is 0. The number of aryl methyl sites for hydroxylation is 1. The maximum Gasteiger partial charge on any atom is 0.416 e. The van der Waals surface area contributed by atoms with E-state index in [0.717, 1.165) is 62.8 Å². The fraction of sp³-hybridized carbons (Fsp3) is 0.583. The summed E-state index contributed by atoms with van der Waals surface area (Å²) in [7, 11) is 1.92. The van der Waals surface area contributed by atoms with Crippen LogP contribution in [0.15, 0.2) is 30.6 Å². The molecule has 0 bridgehead atoms. The third-order valence-corrected chi connectivity index (χ3v) is 11.5. The van der Waals surface area contributed by atoms with Crippen molar-refractivity contribution >= 4 is 35.9 Å². The van der Waals surface area contributed by atoms with Crippen LogP contribution < -0.4 is 15.5 Å². The van der Waals surface area contributed by atoms with Crippen molar-refractivity contribution in [2.45, 2.75) is 102 Å². The SMILES string of the molecule is CC(=O)N1CCC(CNc2cc(C3(Cc4nncn4C)CCC3)cc(N3Cc4c(cc(CNC5(C)CCC5)cc4C(F)(F)F)C3=O)n2)CC1.Cl. The molecule has 2 amide bonds. The molecule has 10 nitrogen and oxygen atoms in total. The molecule has 1 aromatic carbocycles. The number of benzene rings is 1. The van der Waals surface area contributed by atoms with E-state index in [1.807, 2.05) is 28.6 Å². The number of likely N-dealkylation sites (tertiary alicyclic amines) is 1. The van der Waals surface area contributed by atoms with Crippen LogP contribution in [-0.2, 0) is 42.9 Å². The highest BCUT2D eigenvalue weighted by Gasteiger charge is 2.44. The van der Waals surface area contributed by atoms with E-state index in [-0.39, 0.29) is 53.5 Å². The number of carbonyl (C=O) groups is 2. The van der Waals surface area contributed by atoms with Crippen molar-refractivity contribution in [2.24, 2.45) is 13.0 Å². The number of hydrogen-bond donors (Lipinski definition) is 2. The van der Waals surface area contributed by atoms with Gasteiger partial charge in [-0.15, -0.1) is 22.6 Å². The first-order chi connectivity index (χ1) is 23.3. The van der Waals surface area contributed by atoms with E-state index < -0.39 is 17.6 Å². The smallest absolute Gasteiger partial charge is 0.370 e. The van der Waals surface area contributed by atoms with Crippen molar-refractivity contribution in [3.8, 4) is 0 Å². The Balaban J connectivity index is 0.00000432. The Bertz CT molecular complexity index is 1750. The summed E-state index contributed by atoms with van der Waals surface area (Å²) < 4.78 is 45.5. The van der Waals surface area contributed by atoms with Crippen LogP contribution in [0, 0.1) is 5.92 Å². The number of hydrogen-bond acceptors (Lipinski definition) is 7. The van der Waals surface area contributed by atoms with Gasteiger partial charge in [0.05, 0.1) is 12.1 Å². The lowest BCUT2D eigenvalue weighted by Crippen LogP contribution is -2.47. The van der Waals surface area contributed by atoms with Crippen LogP contribution in [0.5, 0.6) is 0 Å². The third kappa shape index (κ3) is 7.08. The van der Waals surface area contributed by atoms with Crippen molar-refractivity contribution in [1.29, 1.82) is 0 Å². The van der Waals surface area contributed by atoms with Gasteiger partial charge in [0.2, 0.25) is 5.91 Å². The first kappa shape index (κ1) is 36.1. The summed E-state index contributed by atoms with van der Waals surface area (Å²) in [6.45, 7) is 5.79. The third-order valence-electron chi connectivity index (χ3n) is 11.5. The van der Waals surface area contributed by atoms with Gasteiger partial charge in [-0.05, 0) is 98.7 Å². The largest absolute Gasteiger partial charge is 0.416 e. The summed E-state index contributed by atoms with van der Waals surface area (Å²) in [5.74, 6) is 1.72. The van der Waals surface area contributed by atoms with Crippen molar-refractivity contribution in [3.05, 3.63) is 64.2 Å². The van der Waals surface area contributed by atoms with Crippen LogP contribution in [0.25, 0.3) is 0 Å². The molecule has 0 spiro atoms. The monoisotopic (exact) mass is 714 g/mol. The molecule has 2 aliphatic heterocycles. The number of amides is 2. The molecule has 14 heteroatoms. The summed E-state index contributed by atoms with van der Waals surface area (Å²) in [6.07, 6.45) is 5.36. The molecule has 50 heavy (non-hydrogen) atoms. The number of pyridine rings is 1. The van der Waals surface area contributed by atoms with Gasteiger partial charge in [-0.25, -0.2) is 4.98 Å². The number of nitrogens with zero attached hydrogens (tertiary/aromatic N) is 6. The Hall–Kier alpha value is -3.71. The standard InChI is InChI=1S/C36H45F3N8O2.ClH/c1-23(48)46-12-6-24(7-13-46)19-40-30-16-26(35(10-5-11-35)18-32-44-42-22-45(32)3)17-31(43-30)47-21-28-27(33(47)49)14-25(15-29(28)36(37,38)39)20-41-34(2)8-4-9-34;/h14-17,22,24,41H,4-13,18-21H2,1-3H3,(H,40,43);1H. The predicted octanol–water partition coefficient (Wildman–Crippen LogP) is 6.18. The topological polar surface area (TPSA) is 108 Å². The summed E-state index contributed by atoms with van der Waals surface area (Å²) in [5.41, 5.74) is 0.402. The quantitative estimate of drug-likeness (QED) is 0.258. The Morgan fingerprint density at radius 2 is 1.78 bits per heavy atom. The van der Waals surface area contributed by atoms with E-state index in [0.29, 0.717) is 49.2 Å². The molecule has 0 unspecified atom stereocenters. The number of alkyl halides is 3. The highest BCUT2D eigenvalue weighted by Crippen LogP contribution is 2.48. The molecule has 1 saturated heterocycles. The molecule has 3 aromatic rings. The van der Waals surface area contributed by atoms with E-state index in [1.54, 1.807) is 19.3 Å². The fourth-order valence-corrected chi connectivity index (χ4v) is 7.90. The molecule has 2 saturated carbocycles. The second kappa shape index (κ2) is 13.8. The number of anilines is 2. The first-order valence-electron chi connectivity index (χ1n) is 17.5. The predicted molar refractivity (Wildman–Crippen MR) is 186 cm³/mol. The van der Waals surface area contributed by atoms with E-state index in [9.17, 15) is 22.8 Å². The normalized spacial score (nSPS) is 19.8. The van der Waals surface area contributed by atoms with Gasteiger partial charge in [0.15, 0.2) is 0 Å². The average Bonchev–Trinajstić information content (AvgIpc) is 3.60. The molecule has 2 aliphatic carbocycles. The summed E-state index contributed by atoms with van der Waals surface area (Å²) >= 11 is 0. The Morgan fingerprint density at radius 1 is 1.06 bits per heavy atom. The average molecular weight is 715 g/mol. The van der Waals surface area contributed by atoms with Gasteiger partial charge in [0.1, 0.15) is 23.8 Å². The number of fused-ring (bicyclic) bond motifs is 1. The number of nitrogens with one attached hydrogen (secondary N) is 2.